The van der Waals surface area contributed by atoms with Gasteiger partial charge in [-0.2, -0.15) is 4.68 Å². The monoisotopic (exact) mass is 485 g/mol. The molecule has 0 unspecified atom stereocenters. The summed E-state index contributed by atoms with van der Waals surface area (Å²) in [4.78, 5) is 17.4. The van der Waals surface area contributed by atoms with Crippen LogP contribution in [0.2, 0.25) is 0 Å². The molecule has 1 amide bonds. The molecule has 4 aromatic rings. The molecule has 1 saturated heterocycles. The standard InChI is InChI=1S/C26H27N7OS/c34-25(20-35-26-28-29-30-33(26)24-9-5-2-6-10-24)27-22-11-13-23(14-12-22)32-17-15-31(16-18-32)19-21-7-3-1-4-8-21/h1-14H,15-20H2,(H,27,34). The third kappa shape index (κ3) is 6.06. The van der Waals surface area contributed by atoms with Crippen molar-refractivity contribution in [3.63, 3.8) is 0 Å². The van der Waals surface area contributed by atoms with Gasteiger partial charge in [-0.15, -0.1) is 5.10 Å². The lowest BCUT2D eigenvalue weighted by Gasteiger charge is -2.36. The minimum absolute atomic E-state index is 0.0973. The fraction of sp³-hybridized carbons (Fsp3) is 0.231. The van der Waals surface area contributed by atoms with E-state index in [4.69, 9.17) is 0 Å². The highest BCUT2D eigenvalue weighted by molar-refractivity contribution is 7.99. The molecule has 5 rings (SSSR count). The van der Waals surface area contributed by atoms with E-state index in [1.54, 1.807) is 4.68 Å². The Morgan fingerprint density at radius 1 is 0.829 bits per heavy atom. The maximum Gasteiger partial charge on any atom is 0.234 e. The number of piperazine rings is 1. The van der Waals surface area contributed by atoms with E-state index in [0.29, 0.717) is 5.16 Å². The van der Waals surface area contributed by atoms with Crippen LogP contribution in [0.3, 0.4) is 0 Å². The van der Waals surface area contributed by atoms with Gasteiger partial charge in [0.15, 0.2) is 0 Å². The van der Waals surface area contributed by atoms with Crippen molar-refractivity contribution in [2.45, 2.75) is 11.7 Å². The number of hydrogen-bond donors (Lipinski definition) is 1. The number of nitrogens with one attached hydrogen (secondary N) is 1. The third-order valence-electron chi connectivity index (χ3n) is 5.91. The summed E-state index contributed by atoms with van der Waals surface area (Å²) < 4.78 is 1.63. The van der Waals surface area contributed by atoms with Gasteiger partial charge in [-0.3, -0.25) is 9.69 Å². The number of carbonyl (C=O) groups is 1. The highest BCUT2D eigenvalue weighted by Crippen LogP contribution is 2.22. The molecule has 1 aromatic heterocycles. The van der Waals surface area contributed by atoms with E-state index >= 15 is 0 Å². The Kier molecular flexibility index (Phi) is 7.35. The number of nitrogens with zero attached hydrogens (tertiary/aromatic N) is 6. The SMILES string of the molecule is O=C(CSc1nnnn1-c1ccccc1)Nc1ccc(N2CCN(Cc3ccccc3)CC2)cc1. The highest BCUT2D eigenvalue weighted by atomic mass is 32.2. The van der Waals surface area contributed by atoms with Gasteiger partial charge in [0.25, 0.3) is 0 Å². The van der Waals surface area contributed by atoms with Gasteiger partial charge < -0.3 is 10.2 Å². The largest absolute Gasteiger partial charge is 0.369 e. The van der Waals surface area contributed by atoms with Crippen LogP contribution in [0.1, 0.15) is 5.56 Å². The fourth-order valence-corrected chi connectivity index (χ4v) is 4.78. The first-order chi connectivity index (χ1) is 17.2. The van der Waals surface area contributed by atoms with Gasteiger partial charge in [0.1, 0.15) is 0 Å². The predicted molar refractivity (Wildman–Crippen MR) is 139 cm³/mol. The smallest absolute Gasteiger partial charge is 0.234 e. The van der Waals surface area contributed by atoms with Crippen LogP contribution >= 0.6 is 11.8 Å². The number of hydrogen-bond acceptors (Lipinski definition) is 7. The molecular weight excluding hydrogens is 458 g/mol. The maximum absolute atomic E-state index is 12.5. The second-order valence-corrected chi connectivity index (χ2v) is 9.28. The van der Waals surface area contributed by atoms with Crippen molar-refractivity contribution in [2.75, 3.05) is 42.1 Å². The molecule has 1 aliphatic rings. The zero-order valence-corrected chi connectivity index (χ0v) is 20.1. The molecular formula is C26H27N7OS. The van der Waals surface area contributed by atoms with Gasteiger partial charge in [-0.25, -0.2) is 0 Å². The first-order valence-electron chi connectivity index (χ1n) is 11.6. The summed E-state index contributed by atoms with van der Waals surface area (Å²) in [7, 11) is 0. The van der Waals surface area contributed by atoms with E-state index < -0.39 is 0 Å². The van der Waals surface area contributed by atoms with Gasteiger partial charge in [0.05, 0.1) is 11.4 Å². The number of rotatable bonds is 8. The van der Waals surface area contributed by atoms with Crippen molar-refractivity contribution in [1.82, 2.24) is 25.1 Å². The van der Waals surface area contributed by atoms with Gasteiger partial charge in [-0.05, 0) is 52.4 Å². The average Bonchev–Trinajstić information content (AvgIpc) is 3.38. The van der Waals surface area contributed by atoms with E-state index in [2.05, 4.69) is 73.1 Å². The topological polar surface area (TPSA) is 79.2 Å². The van der Waals surface area contributed by atoms with Crippen LogP contribution in [0, 0.1) is 0 Å². The summed E-state index contributed by atoms with van der Waals surface area (Å²) in [6, 6.07) is 28.3. The molecule has 0 bridgehead atoms. The van der Waals surface area contributed by atoms with Crippen LogP contribution in [-0.4, -0.2) is 62.9 Å². The van der Waals surface area contributed by atoms with Crippen molar-refractivity contribution < 1.29 is 4.79 Å². The van der Waals surface area contributed by atoms with E-state index in [1.807, 2.05) is 42.5 Å². The first-order valence-corrected chi connectivity index (χ1v) is 12.6. The van der Waals surface area contributed by atoms with E-state index in [-0.39, 0.29) is 11.7 Å². The average molecular weight is 486 g/mol. The van der Waals surface area contributed by atoms with Crippen molar-refractivity contribution in [2.24, 2.45) is 0 Å². The summed E-state index contributed by atoms with van der Waals surface area (Å²) in [5, 5.41) is 15.3. The summed E-state index contributed by atoms with van der Waals surface area (Å²) >= 11 is 1.30. The number of anilines is 2. The van der Waals surface area contributed by atoms with Gasteiger partial charge in [0.2, 0.25) is 11.1 Å². The van der Waals surface area contributed by atoms with E-state index in [1.165, 1.54) is 23.0 Å². The number of benzene rings is 3. The maximum atomic E-state index is 12.5. The Balaban J connectivity index is 1.09. The Morgan fingerprint density at radius 2 is 1.51 bits per heavy atom. The second-order valence-electron chi connectivity index (χ2n) is 8.34. The lowest BCUT2D eigenvalue weighted by atomic mass is 10.2. The normalized spacial score (nSPS) is 14.1. The van der Waals surface area contributed by atoms with Crippen LogP contribution < -0.4 is 10.2 Å². The molecule has 1 fully saturated rings. The third-order valence-corrected chi connectivity index (χ3v) is 6.83. The van der Waals surface area contributed by atoms with E-state index in [9.17, 15) is 4.79 Å². The van der Waals surface area contributed by atoms with Crippen molar-refractivity contribution in [3.8, 4) is 5.69 Å². The minimum Gasteiger partial charge on any atom is -0.369 e. The van der Waals surface area contributed by atoms with Crippen molar-refractivity contribution in [1.29, 1.82) is 0 Å². The minimum atomic E-state index is -0.0973. The van der Waals surface area contributed by atoms with Crippen LogP contribution in [0.15, 0.2) is 90.1 Å². The second kappa shape index (κ2) is 11.2. The molecule has 1 N–H and O–H groups in total. The molecule has 9 heteroatoms. The van der Waals surface area contributed by atoms with Crippen molar-refractivity contribution >= 4 is 29.0 Å². The number of amides is 1. The van der Waals surface area contributed by atoms with Crippen LogP contribution in [-0.2, 0) is 11.3 Å². The van der Waals surface area contributed by atoms with Crippen LogP contribution in [0.5, 0.6) is 0 Å². The van der Waals surface area contributed by atoms with Gasteiger partial charge in [0, 0.05) is 44.1 Å². The Labute approximate surface area is 208 Å². The van der Waals surface area contributed by atoms with Crippen molar-refractivity contribution in [3.05, 3.63) is 90.5 Å². The number of carbonyl (C=O) groups excluding carboxylic acids is 1. The summed E-state index contributed by atoms with van der Waals surface area (Å²) in [5.41, 5.74) is 4.18. The van der Waals surface area contributed by atoms with E-state index in [0.717, 1.165) is 44.1 Å². The Hall–Kier alpha value is -3.69. The molecule has 8 nitrogen and oxygen atoms in total. The molecule has 2 heterocycles. The Morgan fingerprint density at radius 3 is 2.23 bits per heavy atom. The zero-order valence-electron chi connectivity index (χ0n) is 19.3. The number of aromatic nitrogens is 4. The zero-order chi connectivity index (χ0) is 23.9. The van der Waals surface area contributed by atoms with Crippen LogP contribution in [0.25, 0.3) is 5.69 Å². The fourth-order valence-electron chi connectivity index (χ4n) is 4.09. The van der Waals surface area contributed by atoms with Gasteiger partial charge >= 0.3 is 0 Å². The molecule has 35 heavy (non-hydrogen) atoms. The van der Waals surface area contributed by atoms with Crippen LogP contribution in [0.4, 0.5) is 11.4 Å². The summed E-state index contributed by atoms with van der Waals surface area (Å²) in [6.07, 6.45) is 0. The molecule has 1 aliphatic heterocycles. The molecule has 0 atom stereocenters. The Bertz CT molecular complexity index is 1220. The number of thioether (sulfide) groups is 1. The molecule has 0 spiro atoms. The first kappa shape index (κ1) is 23.1. The predicted octanol–water partition coefficient (Wildman–Crippen LogP) is 3.72. The summed E-state index contributed by atoms with van der Waals surface area (Å²) in [5.74, 6) is 0.123. The molecule has 178 valence electrons. The summed E-state index contributed by atoms with van der Waals surface area (Å²) in [6.45, 7) is 5.05. The lowest BCUT2D eigenvalue weighted by molar-refractivity contribution is -0.113. The quantitative estimate of drug-likeness (QED) is 0.381. The molecule has 3 aromatic carbocycles. The number of para-hydroxylation sites is 1. The molecule has 0 aliphatic carbocycles. The highest BCUT2D eigenvalue weighted by Gasteiger charge is 2.17. The number of tetrazole rings is 1. The van der Waals surface area contributed by atoms with Gasteiger partial charge in [-0.1, -0.05) is 60.3 Å². The molecule has 0 saturated carbocycles. The lowest BCUT2D eigenvalue weighted by Crippen LogP contribution is -2.45. The molecule has 0 radical (unpaired) electrons.